The van der Waals surface area contributed by atoms with Crippen LogP contribution in [0, 0.1) is 0 Å². The largest absolute Gasteiger partial charge is 0.465 e. The van der Waals surface area contributed by atoms with E-state index in [1.807, 2.05) is 0 Å². The second-order valence-corrected chi connectivity index (χ2v) is 4.71. The predicted octanol–water partition coefficient (Wildman–Crippen LogP) is 3.50. The number of benzene rings is 1. The Morgan fingerprint density at radius 3 is 2.75 bits per heavy atom. The lowest BCUT2D eigenvalue weighted by Crippen LogP contribution is -2.09. The number of nitrogens with one attached hydrogen (secondary N) is 1. The van der Waals surface area contributed by atoms with E-state index in [1.54, 1.807) is 18.2 Å². The van der Waals surface area contributed by atoms with E-state index < -0.39 is 5.97 Å². The van der Waals surface area contributed by atoms with Gasteiger partial charge >= 0.3 is 5.97 Å². The van der Waals surface area contributed by atoms with Crippen LogP contribution in [0.3, 0.4) is 0 Å². The summed E-state index contributed by atoms with van der Waals surface area (Å²) < 4.78 is 4.64. The highest BCUT2D eigenvalue weighted by molar-refractivity contribution is 6.36. The molecule has 0 saturated carbocycles. The topological polar surface area (TPSA) is 77.2 Å². The molecular weight excluding hydrogens is 301 g/mol. The molecule has 5 nitrogen and oxygen atoms in total. The first-order valence-electron chi connectivity index (χ1n) is 5.57. The van der Waals surface area contributed by atoms with Crippen molar-refractivity contribution < 1.29 is 9.53 Å². The molecule has 0 fully saturated rings. The Balaban J connectivity index is 2.37. The van der Waals surface area contributed by atoms with Gasteiger partial charge in [-0.1, -0.05) is 23.2 Å². The maximum atomic E-state index is 11.5. The predicted molar refractivity (Wildman–Crippen MR) is 79.7 cm³/mol. The maximum Gasteiger partial charge on any atom is 0.340 e. The molecule has 0 aliphatic carbocycles. The van der Waals surface area contributed by atoms with Gasteiger partial charge < -0.3 is 15.8 Å². The van der Waals surface area contributed by atoms with Crippen LogP contribution < -0.4 is 11.1 Å². The molecule has 0 radical (unpaired) electrons. The van der Waals surface area contributed by atoms with Gasteiger partial charge in [-0.3, -0.25) is 0 Å². The van der Waals surface area contributed by atoms with Crippen LogP contribution in [0.2, 0.25) is 10.0 Å². The molecule has 2 aromatic rings. The van der Waals surface area contributed by atoms with Crippen molar-refractivity contribution >= 4 is 46.4 Å². The molecule has 0 aliphatic rings. The van der Waals surface area contributed by atoms with E-state index in [9.17, 15) is 4.79 Å². The van der Waals surface area contributed by atoms with Crippen molar-refractivity contribution in [2.24, 2.45) is 0 Å². The van der Waals surface area contributed by atoms with E-state index in [-0.39, 0.29) is 11.3 Å². The summed E-state index contributed by atoms with van der Waals surface area (Å²) in [5.74, 6) is -0.215. The van der Waals surface area contributed by atoms with Gasteiger partial charge in [0, 0.05) is 11.2 Å². The van der Waals surface area contributed by atoms with Gasteiger partial charge in [0.2, 0.25) is 0 Å². The van der Waals surface area contributed by atoms with Gasteiger partial charge in [-0.05, 0) is 24.3 Å². The van der Waals surface area contributed by atoms with Crippen LogP contribution in [0.5, 0.6) is 0 Å². The number of esters is 1. The van der Waals surface area contributed by atoms with Crippen LogP contribution in [-0.2, 0) is 4.74 Å². The monoisotopic (exact) mass is 311 g/mol. The van der Waals surface area contributed by atoms with E-state index in [4.69, 9.17) is 28.9 Å². The quantitative estimate of drug-likeness (QED) is 0.848. The zero-order chi connectivity index (χ0) is 14.7. The highest BCUT2D eigenvalue weighted by atomic mass is 35.5. The summed E-state index contributed by atoms with van der Waals surface area (Å²) in [5, 5.41) is 3.89. The summed E-state index contributed by atoms with van der Waals surface area (Å²) in [6.07, 6.45) is 1.45. The summed E-state index contributed by atoms with van der Waals surface area (Å²) in [7, 11) is 1.28. The van der Waals surface area contributed by atoms with Crippen LogP contribution >= 0.6 is 23.2 Å². The molecule has 0 saturated heterocycles. The minimum Gasteiger partial charge on any atom is -0.465 e. The number of ether oxygens (including phenoxy) is 1. The van der Waals surface area contributed by atoms with Gasteiger partial charge in [0.1, 0.15) is 0 Å². The number of aromatic nitrogens is 1. The van der Waals surface area contributed by atoms with Crippen LogP contribution in [0.4, 0.5) is 17.2 Å². The van der Waals surface area contributed by atoms with Crippen molar-refractivity contribution in [3.05, 3.63) is 46.1 Å². The number of carbonyl (C=O) groups is 1. The normalized spacial score (nSPS) is 10.2. The van der Waals surface area contributed by atoms with Crippen LogP contribution in [0.25, 0.3) is 0 Å². The Bertz CT molecular complexity index is 662. The molecule has 0 amide bonds. The fourth-order valence-electron chi connectivity index (χ4n) is 1.58. The summed E-state index contributed by atoms with van der Waals surface area (Å²) in [6.45, 7) is 0. The number of rotatable bonds is 3. The number of halogens is 2. The summed E-state index contributed by atoms with van der Waals surface area (Å²) >= 11 is 11.9. The first-order valence-corrected chi connectivity index (χ1v) is 6.33. The lowest BCUT2D eigenvalue weighted by molar-refractivity contribution is 0.0602. The molecule has 1 heterocycles. The van der Waals surface area contributed by atoms with E-state index >= 15 is 0 Å². The molecule has 2 rings (SSSR count). The van der Waals surface area contributed by atoms with Gasteiger partial charge in [0.25, 0.3) is 0 Å². The van der Waals surface area contributed by atoms with Crippen molar-refractivity contribution in [3.63, 3.8) is 0 Å². The molecule has 104 valence electrons. The first kappa shape index (κ1) is 14.4. The number of anilines is 3. The molecular formula is C13H11Cl2N3O2. The van der Waals surface area contributed by atoms with Crippen molar-refractivity contribution in [2.75, 3.05) is 18.2 Å². The van der Waals surface area contributed by atoms with Crippen LogP contribution in [0.15, 0.2) is 30.5 Å². The molecule has 1 aromatic heterocycles. The molecule has 0 atom stereocenters. The minimum atomic E-state index is -0.532. The van der Waals surface area contributed by atoms with Gasteiger partial charge in [0.15, 0.2) is 5.82 Å². The average molecular weight is 312 g/mol. The van der Waals surface area contributed by atoms with Crippen molar-refractivity contribution in [2.45, 2.75) is 0 Å². The number of nitrogen functional groups attached to an aromatic ring is 1. The number of hydrogen-bond acceptors (Lipinski definition) is 5. The number of pyridine rings is 1. The minimum absolute atomic E-state index is 0.186. The lowest BCUT2D eigenvalue weighted by Gasteiger charge is -2.12. The fourth-order valence-corrected chi connectivity index (χ4v) is 2.03. The van der Waals surface area contributed by atoms with Gasteiger partial charge in [-0.2, -0.15) is 0 Å². The third-order valence-corrected chi connectivity index (χ3v) is 3.13. The number of carbonyl (C=O) groups excluding carboxylic acids is 1. The molecule has 7 heteroatoms. The number of nitrogens with two attached hydrogens (primary N) is 1. The second-order valence-electron chi connectivity index (χ2n) is 3.86. The Hall–Kier alpha value is -1.98. The van der Waals surface area contributed by atoms with Crippen LogP contribution in [-0.4, -0.2) is 18.1 Å². The Morgan fingerprint density at radius 2 is 2.10 bits per heavy atom. The van der Waals surface area contributed by atoms with E-state index in [0.29, 0.717) is 21.6 Å². The standard InChI is InChI=1S/C13H11Cl2N3O2/c1-20-13(19)8-4-5-17-12(11(8)16)18-10-3-2-7(14)6-9(10)15/h2-6H,16H2,1H3,(H,17,18). The Labute approximate surface area is 125 Å². The number of hydrogen-bond donors (Lipinski definition) is 2. The van der Waals surface area contributed by atoms with Gasteiger partial charge in [-0.15, -0.1) is 0 Å². The molecule has 3 N–H and O–H groups in total. The van der Waals surface area contributed by atoms with Crippen LogP contribution in [0.1, 0.15) is 10.4 Å². The molecule has 0 unspecified atom stereocenters. The summed E-state index contributed by atoms with van der Waals surface area (Å²) in [6, 6.07) is 6.44. The summed E-state index contributed by atoms with van der Waals surface area (Å²) in [4.78, 5) is 15.6. The molecule has 0 bridgehead atoms. The molecule has 0 aliphatic heterocycles. The maximum absolute atomic E-state index is 11.5. The third-order valence-electron chi connectivity index (χ3n) is 2.58. The molecule has 1 aromatic carbocycles. The average Bonchev–Trinajstić information content (AvgIpc) is 2.43. The zero-order valence-electron chi connectivity index (χ0n) is 10.5. The van der Waals surface area contributed by atoms with E-state index in [1.165, 1.54) is 19.4 Å². The number of nitrogens with zero attached hydrogens (tertiary/aromatic N) is 1. The van der Waals surface area contributed by atoms with Crippen molar-refractivity contribution in [1.82, 2.24) is 4.98 Å². The third kappa shape index (κ3) is 2.95. The van der Waals surface area contributed by atoms with Crippen molar-refractivity contribution in [3.8, 4) is 0 Å². The van der Waals surface area contributed by atoms with Crippen molar-refractivity contribution in [1.29, 1.82) is 0 Å². The molecule has 0 spiro atoms. The summed E-state index contributed by atoms with van der Waals surface area (Å²) in [5.41, 5.74) is 6.89. The highest BCUT2D eigenvalue weighted by Gasteiger charge is 2.14. The Morgan fingerprint density at radius 1 is 1.35 bits per heavy atom. The first-order chi connectivity index (χ1) is 9.52. The second kappa shape index (κ2) is 5.98. The van der Waals surface area contributed by atoms with E-state index in [2.05, 4.69) is 15.0 Å². The smallest absolute Gasteiger partial charge is 0.340 e. The van der Waals surface area contributed by atoms with Gasteiger partial charge in [-0.25, -0.2) is 9.78 Å². The van der Waals surface area contributed by atoms with Gasteiger partial charge in [0.05, 0.1) is 29.1 Å². The SMILES string of the molecule is COC(=O)c1ccnc(Nc2ccc(Cl)cc2Cl)c1N. The zero-order valence-corrected chi connectivity index (χ0v) is 12.0. The lowest BCUT2D eigenvalue weighted by atomic mass is 10.2. The Kier molecular flexibility index (Phi) is 4.32. The molecule has 20 heavy (non-hydrogen) atoms. The number of methoxy groups -OCH3 is 1. The van der Waals surface area contributed by atoms with E-state index in [0.717, 1.165) is 0 Å². The fraction of sp³-hybridized carbons (Fsp3) is 0.0769. The highest BCUT2D eigenvalue weighted by Crippen LogP contribution is 2.30.